The average molecular weight is 547 g/mol. The number of carbonyl (C=O) groups excluding carboxylic acids is 1. The van der Waals surface area contributed by atoms with Crippen molar-refractivity contribution in [2.45, 2.75) is 45.9 Å². The molecule has 3 rings (SSSR count). The summed E-state index contributed by atoms with van der Waals surface area (Å²) in [7, 11) is -4.11. The number of hydrogen-bond donors (Lipinski definition) is 3. The number of ether oxygens (including phenoxy) is 1. The van der Waals surface area contributed by atoms with Crippen LogP contribution in [0.15, 0.2) is 47.4 Å². The van der Waals surface area contributed by atoms with Crippen LogP contribution in [0, 0.1) is 24.6 Å². The number of amides is 1. The molecule has 0 spiro atoms. The number of halogens is 1. The van der Waals surface area contributed by atoms with Crippen molar-refractivity contribution < 1.29 is 32.2 Å². The van der Waals surface area contributed by atoms with Gasteiger partial charge in [0.1, 0.15) is 16.5 Å². The first-order valence-electron chi connectivity index (χ1n) is 12.0. The molecule has 1 aromatic heterocycles. The van der Waals surface area contributed by atoms with Gasteiger partial charge in [-0.2, -0.15) is 9.78 Å². The Hall–Kier alpha value is -3.77. The monoisotopic (exact) mass is 546 g/mol. The number of carbonyl (C=O) groups is 2. The Labute approximate surface area is 220 Å². The fraction of sp³-hybridized carbons (Fsp3) is 0.346. The summed E-state index contributed by atoms with van der Waals surface area (Å²) in [6, 6.07) is 9.26. The summed E-state index contributed by atoms with van der Waals surface area (Å²) in [5.74, 6) is -2.16. The Morgan fingerprint density at radius 3 is 2.32 bits per heavy atom. The van der Waals surface area contributed by atoms with Gasteiger partial charge in [-0.15, -0.1) is 0 Å². The normalized spacial score (nSPS) is 11.7. The summed E-state index contributed by atoms with van der Waals surface area (Å²) in [4.78, 5) is 23.8. The molecule has 0 saturated heterocycles. The van der Waals surface area contributed by atoms with Crippen molar-refractivity contribution in [3.63, 3.8) is 0 Å². The lowest BCUT2D eigenvalue weighted by Gasteiger charge is -2.16. The van der Waals surface area contributed by atoms with Crippen molar-refractivity contribution in [3.8, 4) is 17.3 Å². The molecule has 1 amide bonds. The van der Waals surface area contributed by atoms with Gasteiger partial charge in [-0.05, 0) is 61.2 Å². The van der Waals surface area contributed by atoms with Gasteiger partial charge in [0, 0.05) is 24.2 Å². The third-order valence-electron chi connectivity index (χ3n) is 5.34. The maximum absolute atomic E-state index is 13.5. The molecule has 0 unspecified atom stereocenters. The molecule has 0 saturated carbocycles. The zero-order valence-corrected chi connectivity index (χ0v) is 22.6. The molecular weight excluding hydrogens is 515 g/mol. The van der Waals surface area contributed by atoms with Gasteiger partial charge in [0.25, 0.3) is 0 Å². The largest absolute Gasteiger partial charge is 0.476 e. The van der Waals surface area contributed by atoms with Crippen molar-refractivity contribution in [1.82, 2.24) is 14.5 Å². The molecule has 3 N–H and O–H groups in total. The molecular formula is C26H31FN4O6S. The van der Waals surface area contributed by atoms with Crippen LogP contribution < -0.4 is 14.8 Å². The number of carboxylic acids is 1. The van der Waals surface area contributed by atoms with E-state index in [1.54, 1.807) is 0 Å². The minimum atomic E-state index is -4.11. The minimum Gasteiger partial charge on any atom is -0.476 e. The highest BCUT2D eigenvalue weighted by Gasteiger charge is 2.26. The number of benzene rings is 2. The molecule has 0 radical (unpaired) electrons. The summed E-state index contributed by atoms with van der Waals surface area (Å²) in [6.07, 6.45) is 0.250. The molecule has 12 heteroatoms. The summed E-state index contributed by atoms with van der Waals surface area (Å²) in [5, 5.41) is 16.4. The topological polar surface area (TPSA) is 140 Å². The third-order valence-corrected chi connectivity index (χ3v) is 6.79. The maximum Gasteiger partial charge on any atom is 0.356 e. The highest BCUT2D eigenvalue weighted by Crippen LogP contribution is 2.35. The van der Waals surface area contributed by atoms with E-state index in [1.165, 1.54) is 49.4 Å². The van der Waals surface area contributed by atoms with Crippen LogP contribution in [0.3, 0.4) is 0 Å². The van der Waals surface area contributed by atoms with Gasteiger partial charge in [-0.3, -0.25) is 4.79 Å². The van der Waals surface area contributed by atoms with Crippen molar-refractivity contribution in [1.29, 1.82) is 0 Å². The lowest BCUT2D eigenvalue weighted by atomic mass is 10.1. The summed E-state index contributed by atoms with van der Waals surface area (Å²) in [6.45, 7) is 9.10. The van der Waals surface area contributed by atoms with Crippen LogP contribution in [-0.2, 0) is 14.8 Å². The molecule has 2 aromatic carbocycles. The van der Waals surface area contributed by atoms with E-state index < -0.39 is 21.8 Å². The highest BCUT2D eigenvalue weighted by atomic mass is 32.2. The zero-order chi connectivity index (χ0) is 28.2. The maximum atomic E-state index is 13.5. The van der Waals surface area contributed by atoms with Crippen molar-refractivity contribution in [3.05, 3.63) is 59.5 Å². The van der Waals surface area contributed by atoms with Crippen LogP contribution in [0.2, 0.25) is 0 Å². The molecule has 10 nitrogen and oxygen atoms in total. The van der Waals surface area contributed by atoms with Gasteiger partial charge in [0.15, 0.2) is 5.69 Å². The van der Waals surface area contributed by atoms with E-state index in [9.17, 15) is 27.5 Å². The van der Waals surface area contributed by atoms with Gasteiger partial charge in [0.2, 0.25) is 21.8 Å². The predicted octanol–water partition coefficient (Wildman–Crippen LogP) is 4.73. The molecule has 3 aromatic rings. The molecule has 0 aliphatic carbocycles. The molecule has 38 heavy (non-hydrogen) atoms. The molecule has 204 valence electrons. The van der Waals surface area contributed by atoms with E-state index in [2.05, 4.69) is 15.1 Å². The van der Waals surface area contributed by atoms with Gasteiger partial charge < -0.3 is 15.2 Å². The predicted molar refractivity (Wildman–Crippen MR) is 140 cm³/mol. The Morgan fingerprint density at radius 1 is 1.08 bits per heavy atom. The Kier molecular flexibility index (Phi) is 8.89. The van der Waals surface area contributed by atoms with E-state index in [1.807, 2.05) is 27.7 Å². The Balaban J connectivity index is 2.12. The molecule has 0 aliphatic rings. The average Bonchev–Trinajstić information content (AvgIpc) is 3.15. The van der Waals surface area contributed by atoms with E-state index in [4.69, 9.17) is 4.74 Å². The van der Waals surface area contributed by atoms with Crippen molar-refractivity contribution in [2.24, 2.45) is 11.8 Å². The van der Waals surface area contributed by atoms with Gasteiger partial charge in [-0.1, -0.05) is 27.7 Å². The SMILES string of the molecule is Cc1c(C(=O)O)nn(-c2ccc(F)cc2)c1Oc1ccc(NC(=O)CC(C)C)cc1S(=O)(=O)NCC(C)C. The molecule has 1 heterocycles. The Morgan fingerprint density at radius 2 is 1.74 bits per heavy atom. The van der Waals surface area contributed by atoms with Gasteiger partial charge in [-0.25, -0.2) is 22.3 Å². The van der Waals surface area contributed by atoms with Crippen LogP contribution in [0.4, 0.5) is 10.1 Å². The minimum absolute atomic E-state index is 0.0170. The number of aromatic carboxylic acids is 1. The van der Waals surface area contributed by atoms with Crippen LogP contribution in [0.5, 0.6) is 11.6 Å². The summed E-state index contributed by atoms with van der Waals surface area (Å²) in [5.41, 5.74) is 0.374. The van der Waals surface area contributed by atoms with Gasteiger partial charge in [0.05, 0.1) is 5.69 Å². The second kappa shape index (κ2) is 11.7. The number of nitrogens with zero attached hydrogens (tertiary/aromatic N) is 2. The summed E-state index contributed by atoms with van der Waals surface area (Å²) < 4.78 is 49.8. The lowest BCUT2D eigenvalue weighted by Crippen LogP contribution is -2.28. The number of anilines is 1. The molecule has 0 bridgehead atoms. The smallest absolute Gasteiger partial charge is 0.356 e. The van der Waals surface area contributed by atoms with Crippen molar-refractivity contribution in [2.75, 3.05) is 11.9 Å². The van der Waals surface area contributed by atoms with Crippen LogP contribution in [0.25, 0.3) is 5.69 Å². The molecule has 0 aliphatic heterocycles. The van der Waals surface area contributed by atoms with Crippen LogP contribution >= 0.6 is 0 Å². The van der Waals surface area contributed by atoms with Crippen LogP contribution in [0.1, 0.15) is 50.2 Å². The third kappa shape index (κ3) is 6.95. The number of sulfonamides is 1. The lowest BCUT2D eigenvalue weighted by molar-refractivity contribution is -0.116. The number of carboxylic acid groups (broad SMARTS) is 1. The first-order chi connectivity index (χ1) is 17.8. The zero-order valence-electron chi connectivity index (χ0n) is 21.8. The van der Waals surface area contributed by atoms with E-state index in [0.29, 0.717) is 5.69 Å². The van der Waals surface area contributed by atoms with Crippen molar-refractivity contribution >= 4 is 27.6 Å². The fourth-order valence-corrected chi connectivity index (χ4v) is 4.85. The van der Waals surface area contributed by atoms with E-state index in [0.717, 1.165) is 4.68 Å². The first kappa shape index (κ1) is 28.8. The standard InChI is InChI=1S/C26H31FN4O6S/c1-15(2)12-23(32)29-19-8-11-21(22(13-19)38(35,36)28-14-16(3)4)37-25-17(5)24(26(33)34)30-31(25)20-9-6-18(27)7-10-20/h6-11,13,15-16,28H,12,14H2,1-5H3,(H,29,32)(H,33,34). The molecule has 0 fully saturated rings. The molecule has 0 atom stereocenters. The number of aromatic nitrogens is 2. The second-order valence-corrected chi connectivity index (χ2v) is 11.4. The Bertz CT molecular complexity index is 1430. The van der Waals surface area contributed by atoms with Crippen LogP contribution in [-0.4, -0.2) is 41.7 Å². The highest BCUT2D eigenvalue weighted by molar-refractivity contribution is 7.89. The quantitative estimate of drug-likeness (QED) is 0.316. The van der Waals surface area contributed by atoms with E-state index >= 15 is 0 Å². The number of rotatable bonds is 11. The summed E-state index contributed by atoms with van der Waals surface area (Å²) >= 11 is 0. The number of nitrogens with one attached hydrogen (secondary N) is 2. The van der Waals surface area contributed by atoms with E-state index in [-0.39, 0.29) is 64.2 Å². The van der Waals surface area contributed by atoms with Gasteiger partial charge >= 0.3 is 5.97 Å². The fourth-order valence-electron chi connectivity index (χ4n) is 3.48. The first-order valence-corrected chi connectivity index (χ1v) is 13.5. The number of hydrogen-bond acceptors (Lipinski definition) is 6. The second-order valence-electron chi connectivity index (χ2n) is 9.63.